The van der Waals surface area contributed by atoms with E-state index in [-0.39, 0.29) is 12.8 Å². The predicted molar refractivity (Wildman–Crippen MR) is 75.8 cm³/mol. The highest BCUT2D eigenvalue weighted by Gasteiger charge is 2.32. The molecule has 0 radical (unpaired) electrons. The Balaban J connectivity index is 2.03. The summed E-state index contributed by atoms with van der Waals surface area (Å²) in [5.74, 6) is -0.757. The lowest BCUT2D eigenvalue weighted by molar-refractivity contribution is -0.193. The maximum atomic E-state index is 11.6. The van der Waals surface area contributed by atoms with Crippen LogP contribution in [0.25, 0.3) is 6.08 Å². The van der Waals surface area contributed by atoms with E-state index in [0.717, 1.165) is 6.08 Å². The number of rotatable bonds is 5. The summed E-state index contributed by atoms with van der Waals surface area (Å²) in [4.78, 5) is 39.0. The summed E-state index contributed by atoms with van der Waals surface area (Å²) in [7, 11) is 3.03. The van der Waals surface area contributed by atoms with Gasteiger partial charge in [-0.1, -0.05) is 6.07 Å². The van der Waals surface area contributed by atoms with Gasteiger partial charge in [0.15, 0.2) is 11.5 Å². The number of imide groups is 1. The summed E-state index contributed by atoms with van der Waals surface area (Å²) in [6.45, 7) is 0. The third-order valence-electron chi connectivity index (χ3n) is 3.01. The van der Waals surface area contributed by atoms with Crippen LogP contribution in [0.2, 0.25) is 0 Å². The molecule has 0 atom stereocenters. The van der Waals surface area contributed by atoms with Crippen molar-refractivity contribution in [3.05, 3.63) is 29.8 Å². The number of ether oxygens (including phenoxy) is 2. The molecule has 0 unspecified atom stereocenters. The van der Waals surface area contributed by atoms with Gasteiger partial charge in [0.05, 0.1) is 14.2 Å². The summed E-state index contributed by atoms with van der Waals surface area (Å²) in [6.07, 6.45) is 2.73. The van der Waals surface area contributed by atoms with Gasteiger partial charge in [0.1, 0.15) is 0 Å². The first kappa shape index (κ1) is 15.6. The molecular formula is C15H15NO6. The number of amides is 2. The fourth-order valence-electron chi connectivity index (χ4n) is 1.90. The number of nitrogens with zero attached hydrogens (tertiary/aromatic N) is 1. The van der Waals surface area contributed by atoms with E-state index in [1.54, 1.807) is 18.2 Å². The lowest BCUT2D eigenvalue weighted by Crippen LogP contribution is -2.31. The number of hydrogen-bond acceptors (Lipinski definition) is 6. The van der Waals surface area contributed by atoms with E-state index in [0.29, 0.717) is 22.1 Å². The second kappa shape index (κ2) is 6.75. The van der Waals surface area contributed by atoms with Crippen molar-refractivity contribution in [1.82, 2.24) is 5.06 Å². The summed E-state index contributed by atoms with van der Waals surface area (Å²) in [5.41, 5.74) is 0.675. The number of carbonyl (C=O) groups is 3. The maximum Gasteiger partial charge on any atom is 0.356 e. The Morgan fingerprint density at radius 2 is 1.73 bits per heavy atom. The van der Waals surface area contributed by atoms with E-state index >= 15 is 0 Å². The maximum absolute atomic E-state index is 11.6. The third-order valence-corrected chi connectivity index (χ3v) is 3.01. The molecule has 1 aromatic rings. The molecule has 2 amide bonds. The minimum absolute atomic E-state index is 0.0610. The van der Waals surface area contributed by atoms with Crippen molar-refractivity contribution in [2.75, 3.05) is 14.2 Å². The van der Waals surface area contributed by atoms with Gasteiger partial charge in [-0.3, -0.25) is 9.59 Å². The fourth-order valence-corrected chi connectivity index (χ4v) is 1.90. The molecule has 1 aliphatic heterocycles. The lowest BCUT2D eigenvalue weighted by Gasteiger charge is -2.10. The summed E-state index contributed by atoms with van der Waals surface area (Å²) < 4.78 is 10.3. The van der Waals surface area contributed by atoms with E-state index in [4.69, 9.17) is 14.3 Å². The molecular weight excluding hydrogens is 290 g/mol. The zero-order chi connectivity index (χ0) is 16.1. The Morgan fingerprint density at radius 1 is 1.09 bits per heavy atom. The molecule has 22 heavy (non-hydrogen) atoms. The first-order valence-corrected chi connectivity index (χ1v) is 6.53. The average Bonchev–Trinajstić information content (AvgIpc) is 2.84. The first-order valence-electron chi connectivity index (χ1n) is 6.53. The van der Waals surface area contributed by atoms with E-state index < -0.39 is 17.8 Å². The minimum Gasteiger partial charge on any atom is -0.493 e. The largest absolute Gasteiger partial charge is 0.493 e. The Labute approximate surface area is 127 Å². The van der Waals surface area contributed by atoms with Crippen LogP contribution in [0, 0.1) is 0 Å². The standard InChI is InChI=1S/C15H15NO6/c1-20-11-5-3-10(9-12(11)21-2)4-8-15(19)22-16-13(17)6-7-14(16)18/h3-5,8-9H,6-7H2,1-2H3. The molecule has 0 spiro atoms. The normalized spacial score (nSPS) is 14.5. The van der Waals surface area contributed by atoms with Gasteiger partial charge in [-0.15, -0.1) is 5.06 Å². The van der Waals surface area contributed by atoms with Crippen molar-refractivity contribution < 1.29 is 28.7 Å². The van der Waals surface area contributed by atoms with Gasteiger partial charge in [0.2, 0.25) is 0 Å². The Bertz CT molecular complexity index is 621. The number of methoxy groups -OCH3 is 2. The number of hydrogen-bond donors (Lipinski definition) is 0. The number of carbonyl (C=O) groups excluding carboxylic acids is 3. The Kier molecular flexibility index (Phi) is 4.77. The van der Waals surface area contributed by atoms with Crippen LogP contribution in [-0.4, -0.2) is 37.1 Å². The summed E-state index contributed by atoms with van der Waals surface area (Å²) in [6, 6.07) is 5.09. The topological polar surface area (TPSA) is 82.1 Å². The van der Waals surface area contributed by atoms with E-state index in [2.05, 4.69) is 0 Å². The third kappa shape index (κ3) is 3.43. The van der Waals surface area contributed by atoms with Crippen LogP contribution in [0.4, 0.5) is 0 Å². The van der Waals surface area contributed by atoms with E-state index in [1.807, 2.05) is 0 Å². The summed E-state index contributed by atoms with van der Waals surface area (Å²) >= 11 is 0. The van der Waals surface area contributed by atoms with Crippen molar-refractivity contribution in [2.45, 2.75) is 12.8 Å². The molecule has 2 rings (SSSR count). The van der Waals surface area contributed by atoms with Gasteiger partial charge in [-0.25, -0.2) is 4.79 Å². The molecule has 7 heteroatoms. The smallest absolute Gasteiger partial charge is 0.356 e. The van der Waals surface area contributed by atoms with Crippen molar-refractivity contribution in [1.29, 1.82) is 0 Å². The number of hydroxylamine groups is 2. The van der Waals surface area contributed by atoms with E-state index in [9.17, 15) is 14.4 Å². The molecule has 0 N–H and O–H groups in total. The van der Waals surface area contributed by atoms with Crippen molar-refractivity contribution in [2.24, 2.45) is 0 Å². The minimum atomic E-state index is -0.807. The highest BCUT2D eigenvalue weighted by atomic mass is 16.7. The zero-order valence-electron chi connectivity index (χ0n) is 12.2. The van der Waals surface area contributed by atoms with Crippen LogP contribution in [-0.2, 0) is 19.2 Å². The van der Waals surface area contributed by atoms with Gasteiger partial charge in [-0.2, -0.15) is 0 Å². The molecule has 0 aromatic heterocycles. The lowest BCUT2D eigenvalue weighted by atomic mass is 10.2. The Morgan fingerprint density at radius 3 is 2.32 bits per heavy atom. The molecule has 7 nitrogen and oxygen atoms in total. The second-order valence-electron chi connectivity index (χ2n) is 4.44. The van der Waals surface area contributed by atoms with Crippen LogP contribution >= 0.6 is 0 Å². The molecule has 0 aliphatic carbocycles. The molecule has 1 aliphatic rings. The van der Waals surface area contributed by atoms with Gasteiger partial charge >= 0.3 is 5.97 Å². The molecule has 1 saturated heterocycles. The average molecular weight is 305 g/mol. The zero-order valence-corrected chi connectivity index (χ0v) is 12.2. The van der Waals surface area contributed by atoms with Gasteiger partial charge in [0.25, 0.3) is 11.8 Å². The van der Waals surface area contributed by atoms with Crippen molar-refractivity contribution in [3.8, 4) is 11.5 Å². The quantitative estimate of drug-likeness (QED) is 0.603. The van der Waals surface area contributed by atoms with Gasteiger partial charge in [0, 0.05) is 18.9 Å². The molecule has 1 fully saturated rings. The highest BCUT2D eigenvalue weighted by Crippen LogP contribution is 2.28. The molecule has 1 aromatic carbocycles. The van der Waals surface area contributed by atoms with Crippen LogP contribution in [0.5, 0.6) is 11.5 Å². The molecule has 1 heterocycles. The highest BCUT2D eigenvalue weighted by molar-refractivity contribution is 6.02. The summed E-state index contributed by atoms with van der Waals surface area (Å²) in [5, 5.41) is 0.501. The fraction of sp³-hybridized carbons (Fsp3) is 0.267. The molecule has 0 saturated carbocycles. The van der Waals surface area contributed by atoms with Crippen LogP contribution in [0.1, 0.15) is 18.4 Å². The van der Waals surface area contributed by atoms with Crippen LogP contribution in [0.3, 0.4) is 0 Å². The van der Waals surface area contributed by atoms with Crippen LogP contribution < -0.4 is 9.47 Å². The monoisotopic (exact) mass is 305 g/mol. The van der Waals surface area contributed by atoms with Gasteiger partial charge in [-0.05, 0) is 23.8 Å². The van der Waals surface area contributed by atoms with Gasteiger partial charge < -0.3 is 14.3 Å². The second-order valence-corrected chi connectivity index (χ2v) is 4.44. The Hall–Kier alpha value is -2.83. The number of benzene rings is 1. The predicted octanol–water partition coefficient (Wildman–Crippen LogP) is 1.32. The molecule has 116 valence electrons. The van der Waals surface area contributed by atoms with Crippen LogP contribution in [0.15, 0.2) is 24.3 Å². The van der Waals surface area contributed by atoms with Crippen molar-refractivity contribution in [3.63, 3.8) is 0 Å². The first-order chi connectivity index (χ1) is 10.5. The van der Waals surface area contributed by atoms with Crippen molar-refractivity contribution >= 4 is 23.9 Å². The van der Waals surface area contributed by atoms with E-state index in [1.165, 1.54) is 20.3 Å². The molecule has 0 bridgehead atoms. The SMILES string of the molecule is COc1ccc(C=CC(=O)ON2C(=O)CCC2=O)cc1OC.